The number of hydrogen-bond donors (Lipinski definition) is 0. The maximum Gasteiger partial charge on any atom is 0.0513 e. The van der Waals surface area contributed by atoms with Crippen molar-refractivity contribution in [3.8, 4) is 0 Å². The van der Waals surface area contributed by atoms with Crippen molar-refractivity contribution >= 4 is 11.6 Å². The number of nitrogens with zero attached hydrogens (tertiary/aromatic N) is 1. The van der Waals surface area contributed by atoms with Gasteiger partial charge in [-0.1, -0.05) is 30.3 Å². The average molecular weight is 318 g/mol. The van der Waals surface area contributed by atoms with Crippen LogP contribution in [0, 0.1) is 0 Å². The van der Waals surface area contributed by atoms with E-state index < -0.39 is 0 Å². The van der Waals surface area contributed by atoms with Gasteiger partial charge in [-0.3, -0.25) is 0 Å². The number of benzene rings is 1. The van der Waals surface area contributed by atoms with Crippen molar-refractivity contribution in [2.24, 2.45) is 0 Å². The summed E-state index contributed by atoms with van der Waals surface area (Å²) in [4.78, 5) is 10.4. The van der Waals surface area contributed by atoms with Gasteiger partial charge in [0.1, 0.15) is 0 Å². The fraction of sp³-hybridized carbons (Fsp3) is 0.125. The minimum atomic E-state index is -0.161. The first-order valence-electron chi connectivity index (χ1n) is 3.06. The molecular formula is C8H8NOW-. The van der Waals surface area contributed by atoms with Crippen LogP contribution < -0.4 is 0 Å². The van der Waals surface area contributed by atoms with E-state index in [0.29, 0.717) is 0 Å². The van der Waals surface area contributed by atoms with Gasteiger partial charge in [0.05, 0.1) is 5.91 Å². The second kappa shape index (κ2) is 5.08. The van der Waals surface area contributed by atoms with Crippen LogP contribution in [0.4, 0.5) is 5.69 Å². The number of amides is 1. The van der Waals surface area contributed by atoms with Crippen molar-refractivity contribution in [1.82, 2.24) is 0 Å². The molecule has 0 N–H and O–H groups in total. The molecule has 1 aromatic carbocycles. The Balaban J connectivity index is 0.000001000. The van der Waals surface area contributed by atoms with Gasteiger partial charge in [-0.25, -0.2) is 0 Å². The molecule has 0 aliphatic heterocycles. The Morgan fingerprint density at radius 3 is 2.27 bits per heavy atom. The summed E-state index contributed by atoms with van der Waals surface area (Å²) < 4.78 is 0. The van der Waals surface area contributed by atoms with E-state index in [-0.39, 0.29) is 27.0 Å². The molecule has 3 heteroatoms. The molecule has 1 amide bonds. The standard InChI is InChI=1S/C8H9NO.W/c1-7(10)9-8-5-3-2-4-6-8;/h2-6H,1H3,(H,9,10);/p-1. The summed E-state index contributed by atoms with van der Waals surface area (Å²) in [6.07, 6.45) is 0. The molecule has 0 saturated carbocycles. The van der Waals surface area contributed by atoms with E-state index in [0.717, 1.165) is 5.69 Å². The zero-order valence-electron chi connectivity index (χ0n) is 6.15. The van der Waals surface area contributed by atoms with E-state index in [1.54, 1.807) is 12.1 Å². The summed E-state index contributed by atoms with van der Waals surface area (Å²) in [5.74, 6) is -0.161. The van der Waals surface area contributed by atoms with Crippen LogP contribution in [-0.4, -0.2) is 5.91 Å². The van der Waals surface area contributed by atoms with Crippen LogP contribution in [0.1, 0.15) is 6.92 Å². The summed E-state index contributed by atoms with van der Waals surface area (Å²) in [6.45, 7) is 1.44. The maximum absolute atomic E-state index is 10.4. The smallest absolute Gasteiger partial charge is 0.0513 e. The fourth-order valence-corrected chi connectivity index (χ4v) is 0.684. The molecule has 1 aromatic rings. The van der Waals surface area contributed by atoms with Crippen molar-refractivity contribution in [3.05, 3.63) is 35.6 Å². The van der Waals surface area contributed by atoms with Gasteiger partial charge in [0.2, 0.25) is 0 Å². The van der Waals surface area contributed by atoms with Gasteiger partial charge in [0.25, 0.3) is 0 Å². The number of para-hydroxylation sites is 1. The minimum Gasteiger partial charge on any atom is -0.627 e. The Morgan fingerprint density at radius 2 is 1.82 bits per heavy atom. The van der Waals surface area contributed by atoms with Crippen LogP contribution in [0.15, 0.2) is 30.3 Å². The van der Waals surface area contributed by atoms with Crippen LogP contribution in [0.3, 0.4) is 0 Å². The Hall–Kier alpha value is -0.622. The third-order valence-corrected chi connectivity index (χ3v) is 1.04. The Kier molecular flexibility index (Phi) is 4.80. The van der Waals surface area contributed by atoms with E-state index in [1.165, 1.54) is 6.92 Å². The van der Waals surface area contributed by atoms with Crippen molar-refractivity contribution in [1.29, 1.82) is 0 Å². The van der Waals surface area contributed by atoms with Gasteiger partial charge < -0.3 is 10.1 Å². The predicted octanol–water partition coefficient (Wildman–Crippen LogP) is 2.24. The monoisotopic (exact) mass is 318 g/mol. The summed E-state index contributed by atoms with van der Waals surface area (Å²) in [5.41, 5.74) is 0.718. The van der Waals surface area contributed by atoms with Crippen molar-refractivity contribution in [2.75, 3.05) is 0 Å². The molecule has 0 aromatic heterocycles. The summed E-state index contributed by atoms with van der Waals surface area (Å²) in [7, 11) is 0. The molecule has 2 nitrogen and oxygen atoms in total. The fourth-order valence-electron chi connectivity index (χ4n) is 0.684. The first-order chi connectivity index (χ1) is 4.79. The van der Waals surface area contributed by atoms with E-state index in [9.17, 15) is 4.79 Å². The molecular weight excluding hydrogens is 310 g/mol. The second-order valence-corrected chi connectivity index (χ2v) is 1.97. The van der Waals surface area contributed by atoms with E-state index in [2.05, 4.69) is 5.32 Å². The number of rotatable bonds is 1. The van der Waals surface area contributed by atoms with Gasteiger partial charge in [-0.15, -0.1) is 5.69 Å². The Morgan fingerprint density at radius 1 is 1.27 bits per heavy atom. The van der Waals surface area contributed by atoms with Crippen LogP contribution in [0.2, 0.25) is 0 Å². The van der Waals surface area contributed by atoms with Gasteiger partial charge in [0, 0.05) is 21.1 Å². The summed E-state index contributed by atoms with van der Waals surface area (Å²) in [5, 5.41) is 3.72. The van der Waals surface area contributed by atoms with Gasteiger partial charge >= 0.3 is 0 Å². The van der Waals surface area contributed by atoms with Crippen LogP contribution >= 0.6 is 0 Å². The minimum absolute atomic E-state index is 0. The quantitative estimate of drug-likeness (QED) is 0.781. The topological polar surface area (TPSA) is 31.2 Å². The molecule has 0 bridgehead atoms. The van der Waals surface area contributed by atoms with Crippen LogP contribution in [0.25, 0.3) is 5.32 Å². The Labute approximate surface area is 80.3 Å². The Bertz CT molecular complexity index is 223. The second-order valence-electron chi connectivity index (χ2n) is 1.97. The number of carbonyl (C=O) groups excluding carboxylic acids is 1. The van der Waals surface area contributed by atoms with E-state index in [4.69, 9.17) is 0 Å². The third kappa shape index (κ3) is 3.94. The van der Waals surface area contributed by atoms with E-state index >= 15 is 0 Å². The largest absolute Gasteiger partial charge is 0.627 e. The van der Waals surface area contributed by atoms with Crippen molar-refractivity contribution in [2.45, 2.75) is 6.92 Å². The number of carbonyl (C=O) groups is 1. The molecule has 0 spiro atoms. The van der Waals surface area contributed by atoms with Gasteiger partial charge in [-0.05, 0) is 6.92 Å². The normalized spacial score (nSPS) is 8.09. The molecule has 0 saturated heterocycles. The third-order valence-electron chi connectivity index (χ3n) is 1.04. The summed E-state index contributed by atoms with van der Waals surface area (Å²) in [6, 6.07) is 9.17. The summed E-state index contributed by atoms with van der Waals surface area (Å²) >= 11 is 0. The molecule has 58 valence electrons. The van der Waals surface area contributed by atoms with Gasteiger partial charge in [-0.2, -0.15) is 0 Å². The molecule has 0 fully saturated rings. The van der Waals surface area contributed by atoms with Crippen LogP contribution in [0.5, 0.6) is 0 Å². The zero-order valence-corrected chi connectivity index (χ0v) is 9.08. The maximum atomic E-state index is 10.4. The zero-order chi connectivity index (χ0) is 7.40. The molecule has 0 atom stereocenters. The molecule has 0 heterocycles. The first kappa shape index (κ1) is 10.4. The van der Waals surface area contributed by atoms with Crippen molar-refractivity contribution in [3.63, 3.8) is 0 Å². The first-order valence-corrected chi connectivity index (χ1v) is 3.06. The predicted molar refractivity (Wildman–Crippen MR) is 40.1 cm³/mol. The average Bonchev–Trinajstić information content (AvgIpc) is 1.88. The molecule has 0 unspecified atom stereocenters. The molecule has 0 aliphatic carbocycles. The van der Waals surface area contributed by atoms with Crippen molar-refractivity contribution < 1.29 is 25.9 Å². The van der Waals surface area contributed by atoms with E-state index in [1.807, 2.05) is 18.2 Å². The number of hydrogen-bond acceptors (Lipinski definition) is 1. The van der Waals surface area contributed by atoms with Crippen LogP contribution in [-0.2, 0) is 25.9 Å². The molecule has 0 radical (unpaired) electrons. The van der Waals surface area contributed by atoms with Gasteiger partial charge in [0.15, 0.2) is 0 Å². The molecule has 1 rings (SSSR count). The molecule has 0 aliphatic rings. The molecule has 11 heavy (non-hydrogen) atoms. The SMILES string of the molecule is CC(=O)[N-]c1ccccc1.[W].